The van der Waals surface area contributed by atoms with Crippen LogP contribution in [0.25, 0.3) is 0 Å². The van der Waals surface area contributed by atoms with Crippen LogP contribution in [0.2, 0.25) is 0 Å². The van der Waals surface area contributed by atoms with Crippen LogP contribution >= 0.6 is 0 Å². The number of aromatic nitrogens is 1. The van der Waals surface area contributed by atoms with Crippen LogP contribution in [-0.4, -0.2) is 61.1 Å². The van der Waals surface area contributed by atoms with Crippen molar-refractivity contribution in [3.05, 3.63) is 23.9 Å². The van der Waals surface area contributed by atoms with Crippen LogP contribution in [0.1, 0.15) is 39.2 Å². The van der Waals surface area contributed by atoms with Gasteiger partial charge < -0.3 is 19.9 Å². The second kappa shape index (κ2) is 8.90. The van der Waals surface area contributed by atoms with Crippen LogP contribution in [0, 0.1) is 11.3 Å². The van der Waals surface area contributed by atoms with Crippen LogP contribution in [0.5, 0.6) is 0 Å². The molecule has 154 valence electrons. The third kappa shape index (κ3) is 5.22. The molecule has 3 rings (SSSR count). The Bertz CT molecular complexity index is 687. The number of morpholine rings is 1. The molecular weight excluding hydrogens is 356 g/mol. The SMILES string of the molecule is CC(C)(C)C(=O)N1CCC(C(=O)NCc2ccnc(N3CCOCC3)c2)CC1. The van der Waals surface area contributed by atoms with Gasteiger partial charge in [0.1, 0.15) is 5.82 Å². The Morgan fingerprint density at radius 2 is 1.86 bits per heavy atom. The number of carbonyl (C=O) groups excluding carboxylic acids is 2. The zero-order chi connectivity index (χ0) is 20.1. The quantitative estimate of drug-likeness (QED) is 0.852. The number of rotatable bonds is 4. The molecule has 1 aromatic heterocycles. The Hall–Kier alpha value is -2.15. The fourth-order valence-electron chi connectivity index (χ4n) is 3.69. The van der Waals surface area contributed by atoms with E-state index in [0.29, 0.717) is 19.6 Å². The van der Waals surface area contributed by atoms with Gasteiger partial charge >= 0.3 is 0 Å². The first-order chi connectivity index (χ1) is 13.3. The standard InChI is InChI=1S/C21H32N4O3/c1-21(2,3)20(27)25-8-5-17(6-9-25)19(26)23-15-16-4-7-22-18(14-16)24-10-12-28-13-11-24/h4,7,14,17H,5-6,8-13,15H2,1-3H3,(H,23,26). The molecule has 0 unspecified atom stereocenters. The number of hydrogen-bond acceptors (Lipinski definition) is 5. The van der Waals surface area contributed by atoms with Gasteiger partial charge in [-0.05, 0) is 30.5 Å². The molecule has 1 aromatic rings. The number of anilines is 1. The Morgan fingerprint density at radius 3 is 2.50 bits per heavy atom. The summed E-state index contributed by atoms with van der Waals surface area (Å²) in [6.07, 6.45) is 3.24. The smallest absolute Gasteiger partial charge is 0.227 e. The number of nitrogens with one attached hydrogen (secondary N) is 1. The van der Waals surface area contributed by atoms with E-state index in [-0.39, 0.29) is 23.1 Å². The van der Waals surface area contributed by atoms with Gasteiger partial charge in [-0.2, -0.15) is 0 Å². The Morgan fingerprint density at radius 1 is 1.18 bits per heavy atom. The average molecular weight is 389 g/mol. The van der Waals surface area contributed by atoms with Crippen LogP contribution in [0.4, 0.5) is 5.82 Å². The first-order valence-corrected chi connectivity index (χ1v) is 10.2. The molecule has 0 radical (unpaired) electrons. The number of nitrogens with zero attached hydrogens (tertiary/aromatic N) is 3. The van der Waals surface area contributed by atoms with Gasteiger partial charge in [-0.15, -0.1) is 0 Å². The molecule has 0 spiro atoms. The lowest BCUT2D eigenvalue weighted by molar-refractivity contribution is -0.142. The molecule has 2 fully saturated rings. The molecule has 2 amide bonds. The molecule has 2 aliphatic heterocycles. The molecule has 0 aliphatic carbocycles. The summed E-state index contributed by atoms with van der Waals surface area (Å²) in [5.41, 5.74) is 0.680. The zero-order valence-corrected chi connectivity index (χ0v) is 17.2. The van der Waals surface area contributed by atoms with Crippen molar-refractivity contribution in [2.24, 2.45) is 11.3 Å². The highest BCUT2D eigenvalue weighted by molar-refractivity contribution is 5.82. The van der Waals surface area contributed by atoms with E-state index >= 15 is 0 Å². The molecule has 0 atom stereocenters. The first-order valence-electron chi connectivity index (χ1n) is 10.2. The minimum atomic E-state index is -0.366. The lowest BCUT2D eigenvalue weighted by Gasteiger charge is -2.35. The van der Waals surface area contributed by atoms with Crippen molar-refractivity contribution in [1.29, 1.82) is 0 Å². The van der Waals surface area contributed by atoms with Gasteiger partial charge in [0.2, 0.25) is 11.8 Å². The van der Waals surface area contributed by atoms with Crippen molar-refractivity contribution < 1.29 is 14.3 Å². The van der Waals surface area contributed by atoms with E-state index in [1.807, 2.05) is 37.8 Å². The van der Waals surface area contributed by atoms with Gasteiger partial charge in [0.15, 0.2) is 0 Å². The lowest BCUT2D eigenvalue weighted by Crippen LogP contribution is -2.46. The highest BCUT2D eigenvalue weighted by Crippen LogP contribution is 2.24. The largest absolute Gasteiger partial charge is 0.378 e. The van der Waals surface area contributed by atoms with Gasteiger partial charge in [-0.1, -0.05) is 20.8 Å². The molecule has 2 saturated heterocycles. The summed E-state index contributed by atoms with van der Waals surface area (Å²) in [4.78, 5) is 33.5. The lowest BCUT2D eigenvalue weighted by atomic mass is 9.90. The monoisotopic (exact) mass is 388 g/mol. The predicted molar refractivity (Wildman–Crippen MR) is 108 cm³/mol. The number of hydrogen-bond donors (Lipinski definition) is 1. The summed E-state index contributed by atoms with van der Waals surface area (Å²) in [6.45, 7) is 10.8. The van der Waals surface area contributed by atoms with Crippen molar-refractivity contribution in [2.45, 2.75) is 40.2 Å². The van der Waals surface area contributed by atoms with Crippen LogP contribution in [0.15, 0.2) is 18.3 Å². The van der Waals surface area contributed by atoms with E-state index in [4.69, 9.17) is 4.74 Å². The van der Waals surface area contributed by atoms with Gasteiger partial charge in [-0.3, -0.25) is 9.59 Å². The minimum Gasteiger partial charge on any atom is -0.378 e. The Kier molecular flexibility index (Phi) is 6.54. The van der Waals surface area contributed by atoms with Gasteiger partial charge in [0.25, 0.3) is 0 Å². The number of pyridine rings is 1. The van der Waals surface area contributed by atoms with Gasteiger partial charge in [0.05, 0.1) is 13.2 Å². The van der Waals surface area contributed by atoms with Gasteiger partial charge in [-0.25, -0.2) is 4.98 Å². The molecule has 0 saturated carbocycles. The predicted octanol–water partition coefficient (Wildman–Crippen LogP) is 1.82. The number of ether oxygens (including phenoxy) is 1. The van der Waals surface area contributed by atoms with E-state index in [1.54, 1.807) is 6.20 Å². The Balaban J connectivity index is 1.48. The highest BCUT2D eigenvalue weighted by atomic mass is 16.5. The number of likely N-dealkylation sites (tertiary alicyclic amines) is 1. The number of amides is 2. The summed E-state index contributed by atoms with van der Waals surface area (Å²) in [5, 5.41) is 3.06. The van der Waals surface area contributed by atoms with E-state index in [9.17, 15) is 9.59 Å². The van der Waals surface area contributed by atoms with E-state index in [1.165, 1.54) is 0 Å². The second-order valence-corrected chi connectivity index (χ2v) is 8.66. The molecule has 0 bridgehead atoms. The second-order valence-electron chi connectivity index (χ2n) is 8.66. The minimum absolute atomic E-state index is 0.0235. The fourth-order valence-corrected chi connectivity index (χ4v) is 3.69. The van der Waals surface area contributed by atoms with E-state index in [0.717, 1.165) is 50.5 Å². The van der Waals surface area contributed by atoms with Crippen LogP contribution < -0.4 is 10.2 Å². The average Bonchev–Trinajstić information content (AvgIpc) is 2.72. The van der Waals surface area contributed by atoms with E-state index in [2.05, 4.69) is 15.2 Å². The maximum absolute atomic E-state index is 12.6. The summed E-state index contributed by atoms with van der Waals surface area (Å²) in [7, 11) is 0. The van der Waals surface area contributed by atoms with Crippen molar-refractivity contribution >= 4 is 17.6 Å². The van der Waals surface area contributed by atoms with Crippen molar-refractivity contribution in [3.63, 3.8) is 0 Å². The highest BCUT2D eigenvalue weighted by Gasteiger charge is 2.32. The summed E-state index contributed by atoms with van der Waals surface area (Å²) < 4.78 is 5.39. The summed E-state index contributed by atoms with van der Waals surface area (Å²) in [5.74, 6) is 1.15. The fraction of sp³-hybridized carbons (Fsp3) is 0.667. The van der Waals surface area contributed by atoms with Crippen molar-refractivity contribution in [2.75, 3.05) is 44.3 Å². The maximum atomic E-state index is 12.6. The normalized spacial score (nSPS) is 18.8. The first kappa shape index (κ1) is 20.6. The van der Waals surface area contributed by atoms with E-state index < -0.39 is 0 Å². The summed E-state index contributed by atoms with van der Waals surface area (Å²) in [6, 6.07) is 3.98. The molecule has 2 aliphatic rings. The third-order valence-electron chi connectivity index (χ3n) is 5.41. The topological polar surface area (TPSA) is 74.8 Å². The summed E-state index contributed by atoms with van der Waals surface area (Å²) >= 11 is 0. The van der Waals surface area contributed by atoms with Crippen molar-refractivity contribution in [3.8, 4) is 0 Å². The van der Waals surface area contributed by atoms with Crippen LogP contribution in [0.3, 0.4) is 0 Å². The number of carbonyl (C=O) groups is 2. The third-order valence-corrected chi connectivity index (χ3v) is 5.41. The van der Waals surface area contributed by atoms with Crippen molar-refractivity contribution in [1.82, 2.24) is 15.2 Å². The molecule has 1 N–H and O–H groups in total. The molecule has 0 aromatic carbocycles. The molecule has 7 heteroatoms. The molecule has 3 heterocycles. The number of piperidine rings is 1. The van der Waals surface area contributed by atoms with Gasteiger partial charge in [0, 0.05) is 50.3 Å². The molecular formula is C21H32N4O3. The Labute approximate surface area is 167 Å². The maximum Gasteiger partial charge on any atom is 0.227 e. The zero-order valence-electron chi connectivity index (χ0n) is 17.2. The molecule has 7 nitrogen and oxygen atoms in total. The molecule has 28 heavy (non-hydrogen) atoms. The van der Waals surface area contributed by atoms with Crippen LogP contribution in [-0.2, 0) is 20.9 Å².